The summed E-state index contributed by atoms with van der Waals surface area (Å²) in [6, 6.07) is 0. The molecule has 0 aromatic carbocycles. The number of hydrogen-bond donors (Lipinski definition) is 0. The van der Waals surface area contributed by atoms with E-state index in [9.17, 15) is 14.0 Å². The van der Waals surface area contributed by atoms with Crippen molar-refractivity contribution in [2.75, 3.05) is 45.9 Å². The quantitative estimate of drug-likeness (QED) is 0.501. The molecule has 6 heteroatoms. The predicted molar refractivity (Wildman–Crippen MR) is 92.0 cm³/mol. The van der Waals surface area contributed by atoms with Crippen molar-refractivity contribution < 1.29 is 14.0 Å². The Morgan fingerprint density at radius 3 is 2.38 bits per heavy atom. The molecule has 2 rings (SSSR count). The third-order valence-electron chi connectivity index (χ3n) is 4.29. The second-order valence-corrected chi connectivity index (χ2v) is 5.94. The number of nitrogens with zero attached hydrogens (tertiary/aromatic N) is 3. The monoisotopic (exact) mass is 335 g/mol. The number of allylic oxidation sites excluding steroid dienone is 3. The molecule has 2 heterocycles. The van der Waals surface area contributed by atoms with Gasteiger partial charge in [0.15, 0.2) is 0 Å². The fourth-order valence-corrected chi connectivity index (χ4v) is 3.01. The van der Waals surface area contributed by atoms with E-state index in [2.05, 4.69) is 22.8 Å². The molecule has 0 bridgehead atoms. The smallest absolute Gasteiger partial charge is 0.253 e. The number of alkyl halides is 1. The van der Waals surface area contributed by atoms with E-state index in [1.807, 2.05) is 6.08 Å². The Morgan fingerprint density at radius 1 is 1.12 bits per heavy atom. The Bertz CT molecular complexity index is 516. The first-order valence-electron chi connectivity index (χ1n) is 8.59. The van der Waals surface area contributed by atoms with Gasteiger partial charge < -0.3 is 4.90 Å². The van der Waals surface area contributed by atoms with Crippen LogP contribution in [0, 0.1) is 0 Å². The molecule has 24 heavy (non-hydrogen) atoms. The van der Waals surface area contributed by atoms with Crippen molar-refractivity contribution in [2.24, 2.45) is 0 Å². The maximum absolute atomic E-state index is 12.3. The van der Waals surface area contributed by atoms with Crippen molar-refractivity contribution in [3.63, 3.8) is 0 Å². The summed E-state index contributed by atoms with van der Waals surface area (Å²) in [6.45, 7) is 6.68. The normalized spacial score (nSPS) is 20.0. The maximum Gasteiger partial charge on any atom is 0.253 e. The summed E-state index contributed by atoms with van der Waals surface area (Å²) in [5.41, 5.74) is 1.09. The van der Waals surface area contributed by atoms with E-state index in [-0.39, 0.29) is 11.8 Å². The van der Waals surface area contributed by atoms with Gasteiger partial charge in [0.25, 0.3) is 11.8 Å². The highest BCUT2D eigenvalue weighted by Gasteiger charge is 2.23. The van der Waals surface area contributed by atoms with E-state index in [1.165, 1.54) is 17.1 Å². The Kier molecular flexibility index (Phi) is 7.18. The lowest BCUT2D eigenvalue weighted by Crippen LogP contribution is -2.46. The third kappa shape index (κ3) is 5.03. The van der Waals surface area contributed by atoms with Crippen LogP contribution in [-0.2, 0) is 9.59 Å². The lowest BCUT2D eigenvalue weighted by molar-refractivity contribution is -0.136. The Balaban J connectivity index is 1.72. The van der Waals surface area contributed by atoms with Gasteiger partial charge >= 0.3 is 0 Å². The fourth-order valence-electron chi connectivity index (χ4n) is 3.01. The van der Waals surface area contributed by atoms with Crippen LogP contribution in [-0.4, -0.2) is 72.5 Å². The maximum atomic E-state index is 12.3. The van der Waals surface area contributed by atoms with Gasteiger partial charge in [-0.25, -0.2) is 4.39 Å². The summed E-state index contributed by atoms with van der Waals surface area (Å²) < 4.78 is 12.3. The number of amides is 2. The van der Waals surface area contributed by atoms with Gasteiger partial charge in [0.1, 0.15) is 6.67 Å². The van der Waals surface area contributed by atoms with E-state index in [0.29, 0.717) is 6.54 Å². The van der Waals surface area contributed by atoms with Gasteiger partial charge in [-0.15, -0.1) is 0 Å². The van der Waals surface area contributed by atoms with Crippen molar-refractivity contribution >= 4 is 11.8 Å². The Labute approximate surface area is 143 Å². The average Bonchev–Trinajstić information content (AvgIpc) is 2.91. The largest absolute Gasteiger partial charge is 0.369 e. The van der Waals surface area contributed by atoms with Crippen LogP contribution in [0.3, 0.4) is 0 Å². The van der Waals surface area contributed by atoms with Gasteiger partial charge in [-0.05, 0) is 25.5 Å². The predicted octanol–water partition coefficient (Wildman–Crippen LogP) is 1.74. The fraction of sp³-hybridized carbons (Fsp3) is 0.556. The number of halogens is 1. The van der Waals surface area contributed by atoms with E-state index >= 15 is 0 Å². The third-order valence-corrected chi connectivity index (χ3v) is 4.29. The molecule has 1 saturated heterocycles. The van der Waals surface area contributed by atoms with Gasteiger partial charge in [0.05, 0.1) is 0 Å². The molecular formula is C18H26FN3O2. The number of carbonyl (C=O) groups excluding carboxylic acids is 2. The van der Waals surface area contributed by atoms with Crippen LogP contribution in [0.2, 0.25) is 0 Å². The average molecular weight is 335 g/mol. The van der Waals surface area contributed by atoms with Crippen LogP contribution >= 0.6 is 0 Å². The van der Waals surface area contributed by atoms with Crippen LogP contribution in [0.15, 0.2) is 36.1 Å². The molecule has 0 unspecified atom stereocenters. The summed E-state index contributed by atoms with van der Waals surface area (Å²) >= 11 is 0. The van der Waals surface area contributed by atoms with E-state index in [4.69, 9.17) is 0 Å². The first-order chi connectivity index (χ1) is 11.7. The van der Waals surface area contributed by atoms with Crippen molar-refractivity contribution in [2.45, 2.75) is 19.8 Å². The summed E-state index contributed by atoms with van der Waals surface area (Å²) in [4.78, 5) is 28.9. The van der Waals surface area contributed by atoms with Gasteiger partial charge in [0, 0.05) is 50.6 Å². The lowest BCUT2D eigenvalue weighted by Gasteiger charge is -2.37. The topological polar surface area (TPSA) is 43.9 Å². The first-order valence-corrected chi connectivity index (χ1v) is 8.59. The van der Waals surface area contributed by atoms with Crippen LogP contribution in [0.1, 0.15) is 19.8 Å². The highest BCUT2D eigenvalue weighted by molar-refractivity contribution is 6.12. The van der Waals surface area contributed by atoms with Crippen LogP contribution in [0.5, 0.6) is 0 Å². The zero-order valence-electron chi connectivity index (χ0n) is 14.3. The highest BCUT2D eigenvalue weighted by atomic mass is 19.1. The van der Waals surface area contributed by atoms with E-state index in [0.717, 1.165) is 51.3 Å². The number of hydrogen-bond acceptors (Lipinski definition) is 4. The molecule has 0 saturated carbocycles. The molecule has 0 atom stereocenters. The molecular weight excluding hydrogens is 309 g/mol. The van der Waals surface area contributed by atoms with Gasteiger partial charge in [-0.2, -0.15) is 0 Å². The summed E-state index contributed by atoms with van der Waals surface area (Å²) in [5, 5.41) is 0. The van der Waals surface area contributed by atoms with E-state index < -0.39 is 6.67 Å². The van der Waals surface area contributed by atoms with Crippen LogP contribution < -0.4 is 0 Å². The summed E-state index contributed by atoms with van der Waals surface area (Å²) in [5.74, 6) is -0.419. The van der Waals surface area contributed by atoms with Gasteiger partial charge in [0.2, 0.25) is 0 Å². The molecule has 0 aromatic heterocycles. The molecule has 0 spiro atoms. The van der Waals surface area contributed by atoms with Crippen molar-refractivity contribution in [3.05, 3.63) is 36.1 Å². The summed E-state index contributed by atoms with van der Waals surface area (Å²) in [7, 11) is 0. The molecule has 5 nitrogen and oxygen atoms in total. The minimum absolute atomic E-state index is 0.209. The van der Waals surface area contributed by atoms with Crippen LogP contribution in [0.25, 0.3) is 0 Å². The molecule has 132 valence electrons. The molecule has 0 radical (unpaired) electrons. The molecule has 2 amide bonds. The van der Waals surface area contributed by atoms with Crippen molar-refractivity contribution in [3.8, 4) is 0 Å². The van der Waals surface area contributed by atoms with E-state index in [1.54, 1.807) is 6.08 Å². The number of piperazine rings is 1. The minimum atomic E-state index is -0.441. The zero-order valence-corrected chi connectivity index (χ0v) is 14.3. The van der Waals surface area contributed by atoms with Crippen LogP contribution in [0.4, 0.5) is 4.39 Å². The number of carbonyl (C=O) groups is 2. The molecule has 2 aliphatic rings. The zero-order chi connectivity index (χ0) is 17.4. The second kappa shape index (κ2) is 9.37. The molecule has 1 fully saturated rings. The number of imide groups is 1. The lowest BCUT2D eigenvalue weighted by atomic mass is 10.2. The molecule has 2 aliphatic heterocycles. The SMILES string of the molecule is CC/C=C(\C=C/CF)N1CCN(CCCN2C(=O)C=CC2=O)CC1. The highest BCUT2D eigenvalue weighted by Crippen LogP contribution is 2.13. The second-order valence-electron chi connectivity index (χ2n) is 5.94. The standard InChI is InChI=1S/C18H26FN3O2/c1-2-5-16(6-3-9-19)21-14-12-20(13-15-21)10-4-11-22-17(23)7-8-18(22)24/h3,5-8H,2,4,9-15H2,1H3/b6-3-,16-5+. The Hall–Kier alpha value is -1.95. The minimum Gasteiger partial charge on any atom is -0.369 e. The van der Waals surface area contributed by atoms with Gasteiger partial charge in [-0.1, -0.05) is 19.1 Å². The molecule has 0 aliphatic carbocycles. The first kappa shape index (κ1) is 18.4. The Morgan fingerprint density at radius 2 is 1.79 bits per heavy atom. The van der Waals surface area contributed by atoms with Crippen molar-refractivity contribution in [1.29, 1.82) is 0 Å². The number of rotatable bonds is 8. The van der Waals surface area contributed by atoms with Gasteiger partial charge in [-0.3, -0.25) is 19.4 Å². The summed E-state index contributed by atoms with van der Waals surface area (Å²) in [6.07, 6.45) is 9.90. The molecule has 0 N–H and O–H groups in total. The van der Waals surface area contributed by atoms with Crippen molar-refractivity contribution in [1.82, 2.24) is 14.7 Å². The molecule has 0 aromatic rings.